The first kappa shape index (κ1) is 43.0. The van der Waals surface area contributed by atoms with Crippen molar-refractivity contribution in [1.29, 1.82) is 0 Å². The van der Waals surface area contributed by atoms with Crippen LogP contribution >= 0.6 is 0 Å². The third kappa shape index (κ3) is 16.5. The number of hydrogen-bond donors (Lipinski definition) is 2. The van der Waals surface area contributed by atoms with E-state index >= 15 is 0 Å². The third-order valence-corrected chi connectivity index (χ3v) is 8.00. The molecule has 1 aromatic rings. The molecular weight excluding hydrogens is 546 g/mol. The van der Waals surface area contributed by atoms with E-state index in [1.54, 1.807) is 30.3 Å². The molecule has 0 fully saturated rings. The van der Waals surface area contributed by atoms with E-state index in [0.717, 1.165) is 51.4 Å². The molecule has 1 rings (SSSR count). The average molecular weight is 589 g/mol. The van der Waals surface area contributed by atoms with E-state index in [-0.39, 0.29) is 72.0 Å². The van der Waals surface area contributed by atoms with Gasteiger partial charge in [0.1, 0.15) is 4.75 Å². The maximum Gasteiger partial charge on any atom is 1.00 e. The third-order valence-electron chi connectivity index (χ3n) is 6.42. The van der Waals surface area contributed by atoms with Gasteiger partial charge in [0.05, 0.1) is 11.5 Å². The molecule has 0 aliphatic heterocycles. The van der Waals surface area contributed by atoms with Crippen LogP contribution in [0.1, 0.15) is 114 Å². The minimum absolute atomic E-state index is 0. The number of carbonyl (C=O) groups is 3. The quantitative estimate of drug-likeness (QED) is 0.102. The summed E-state index contributed by atoms with van der Waals surface area (Å²) in [5, 5.41) is 31.9. The van der Waals surface area contributed by atoms with E-state index in [9.17, 15) is 37.6 Å². The molecule has 2 N–H and O–H groups in total. The molecule has 0 aromatic heterocycles. The summed E-state index contributed by atoms with van der Waals surface area (Å²) < 4.78 is 30.9. The Morgan fingerprint density at radius 3 is 1.59 bits per heavy atom. The number of rotatable bonds is 19. The van der Waals surface area contributed by atoms with Gasteiger partial charge in [-0.1, -0.05) is 109 Å². The molecule has 0 spiro atoms. The Kier molecular flexibility index (Phi) is 26.6. The van der Waals surface area contributed by atoms with E-state index in [1.807, 2.05) is 6.92 Å². The van der Waals surface area contributed by atoms with Crippen LogP contribution in [-0.4, -0.2) is 40.7 Å². The van der Waals surface area contributed by atoms with E-state index in [0.29, 0.717) is 24.8 Å². The molecule has 39 heavy (non-hydrogen) atoms. The van der Waals surface area contributed by atoms with Gasteiger partial charge in [-0.05, 0) is 25.0 Å². The van der Waals surface area contributed by atoms with E-state index < -0.39 is 45.1 Å². The topological polar surface area (TPSA) is 172 Å². The Morgan fingerprint density at radius 2 is 1.23 bits per heavy atom. The number of carbonyl (C=O) groups excluding carboxylic acids is 2. The molecular formula is C27H42Na2O9S. The summed E-state index contributed by atoms with van der Waals surface area (Å²) in [5.74, 6) is -6.56. The first-order valence-corrected chi connectivity index (χ1v) is 14.6. The van der Waals surface area contributed by atoms with Crippen LogP contribution in [0.5, 0.6) is 0 Å². The molecule has 0 amide bonds. The summed E-state index contributed by atoms with van der Waals surface area (Å²) in [7, 11) is -5.20. The van der Waals surface area contributed by atoms with E-state index in [4.69, 9.17) is 5.11 Å². The standard InChI is InChI=1S/C20H38O7S.C7H6O2.2Na/c1-3-5-7-9-11-13-15-17(18(21)22)20(19(23)24,28(25,26)27)16-14-12-10-8-6-4-2;8-7(9)6-4-2-1-3-5-6;;/h17H,3-16H2,1-2H3,(H,21,22)(H,23,24)(H,25,26,27);1-5H,(H,8,9);;/q;;2*+1/p-2. The van der Waals surface area contributed by atoms with E-state index in [2.05, 4.69) is 6.92 Å². The predicted molar refractivity (Wildman–Crippen MR) is 137 cm³/mol. The fourth-order valence-corrected chi connectivity index (χ4v) is 5.44. The number of carboxylic acid groups (broad SMARTS) is 3. The van der Waals surface area contributed by atoms with Crippen molar-refractivity contribution in [3.05, 3.63) is 35.9 Å². The van der Waals surface area contributed by atoms with Crippen LogP contribution in [0.15, 0.2) is 30.3 Å². The van der Waals surface area contributed by atoms with Gasteiger partial charge in [-0.3, -0.25) is 4.55 Å². The molecule has 0 aliphatic rings. The van der Waals surface area contributed by atoms with E-state index in [1.165, 1.54) is 0 Å². The van der Waals surface area contributed by atoms with Gasteiger partial charge in [0.25, 0.3) is 10.1 Å². The first-order valence-electron chi connectivity index (χ1n) is 13.1. The predicted octanol–water partition coefficient (Wildman–Crippen LogP) is -2.38. The van der Waals surface area contributed by atoms with Gasteiger partial charge in [0, 0.05) is 11.9 Å². The summed E-state index contributed by atoms with van der Waals surface area (Å²) in [4.78, 5) is 33.7. The van der Waals surface area contributed by atoms with Gasteiger partial charge in [-0.2, -0.15) is 8.42 Å². The molecule has 0 radical (unpaired) electrons. The SMILES string of the molecule is CCCCCCCCC(C(=O)[O-])C(CCCCCCCC)(C(=O)[O-])S(=O)(=O)O.O=C(O)c1ccccc1.[Na+].[Na+]. The van der Waals surface area contributed by atoms with Crippen molar-refractivity contribution in [2.24, 2.45) is 5.92 Å². The maximum atomic E-state index is 12.0. The number of aromatic carboxylic acids is 1. The van der Waals surface area contributed by atoms with Gasteiger partial charge in [0.15, 0.2) is 0 Å². The average Bonchev–Trinajstić information content (AvgIpc) is 2.83. The zero-order chi connectivity index (χ0) is 28.3. The van der Waals surface area contributed by atoms with Crippen molar-refractivity contribution in [2.45, 2.75) is 108 Å². The number of aliphatic carboxylic acids is 2. The molecule has 12 heteroatoms. The fourth-order valence-electron chi connectivity index (χ4n) is 4.25. The Hall–Kier alpha value is -0.460. The summed E-state index contributed by atoms with van der Waals surface area (Å²) in [6.45, 7) is 4.11. The number of unbranched alkanes of at least 4 members (excludes halogenated alkanes) is 10. The fraction of sp³-hybridized carbons (Fsp3) is 0.667. The normalized spacial score (nSPS) is 12.9. The molecule has 0 aliphatic carbocycles. The summed E-state index contributed by atoms with van der Waals surface area (Å²) >= 11 is 0. The van der Waals surface area contributed by atoms with Crippen molar-refractivity contribution in [3.8, 4) is 0 Å². The number of hydrogen-bond acceptors (Lipinski definition) is 7. The summed E-state index contributed by atoms with van der Waals surface area (Å²) in [5.41, 5.74) is 0.331. The zero-order valence-corrected chi connectivity index (χ0v) is 28.8. The molecule has 0 saturated heterocycles. The van der Waals surface area contributed by atoms with Crippen LogP contribution in [0.3, 0.4) is 0 Å². The summed E-state index contributed by atoms with van der Waals surface area (Å²) in [6, 6.07) is 8.30. The second-order valence-electron chi connectivity index (χ2n) is 9.27. The molecule has 212 valence electrons. The Bertz CT molecular complexity index is 911. The molecule has 0 heterocycles. The Labute approximate surface area is 277 Å². The Balaban J connectivity index is -0.000000992. The van der Waals surface area contributed by atoms with Crippen molar-refractivity contribution in [3.63, 3.8) is 0 Å². The van der Waals surface area contributed by atoms with Crippen molar-refractivity contribution >= 4 is 28.0 Å². The first-order chi connectivity index (χ1) is 17.5. The van der Waals surface area contributed by atoms with Crippen LogP contribution in [0, 0.1) is 5.92 Å². The monoisotopic (exact) mass is 588 g/mol. The second-order valence-corrected chi connectivity index (χ2v) is 10.9. The minimum atomic E-state index is -5.20. The molecule has 1 aromatic carbocycles. The molecule has 2 atom stereocenters. The minimum Gasteiger partial charge on any atom is -0.550 e. The zero-order valence-electron chi connectivity index (χ0n) is 24.0. The van der Waals surface area contributed by atoms with Crippen LogP contribution in [0.25, 0.3) is 0 Å². The molecule has 0 saturated carbocycles. The van der Waals surface area contributed by atoms with Crippen molar-refractivity contribution < 1.29 is 102 Å². The van der Waals surface area contributed by atoms with Crippen LogP contribution in [0.2, 0.25) is 0 Å². The van der Waals surface area contributed by atoms with Crippen molar-refractivity contribution in [1.82, 2.24) is 0 Å². The molecule has 2 unspecified atom stereocenters. The van der Waals surface area contributed by atoms with Gasteiger partial charge >= 0.3 is 65.1 Å². The number of benzene rings is 1. The van der Waals surface area contributed by atoms with Crippen LogP contribution < -0.4 is 69.3 Å². The van der Waals surface area contributed by atoms with Crippen LogP contribution in [0.4, 0.5) is 0 Å². The van der Waals surface area contributed by atoms with Gasteiger partial charge in [-0.25, -0.2) is 4.79 Å². The largest absolute Gasteiger partial charge is 1.00 e. The number of carboxylic acids is 3. The van der Waals surface area contributed by atoms with Crippen molar-refractivity contribution in [2.75, 3.05) is 0 Å². The van der Waals surface area contributed by atoms with Gasteiger partial charge < -0.3 is 24.9 Å². The van der Waals surface area contributed by atoms with Gasteiger partial charge in [0.2, 0.25) is 0 Å². The van der Waals surface area contributed by atoms with Gasteiger partial charge in [-0.15, -0.1) is 0 Å². The second kappa shape index (κ2) is 24.2. The van der Waals surface area contributed by atoms with Crippen LogP contribution in [-0.2, 0) is 19.7 Å². The maximum absolute atomic E-state index is 12.0. The molecule has 9 nitrogen and oxygen atoms in total. The molecule has 0 bridgehead atoms. The summed E-state index contributed by atoms with van der Waals surface area (Å²) in [6.07, 6.45) is 8.78. The Morgan fingerprint density at radius 1 is 0.795 bits per heavy atom. The smallest absolute Gasteiger partial charge is 0.550 e.